The van der Waals surface area contributed by atoms with E-state index in [2.05, 4.69) is 22.4 Å². The molecule has 3 aromatic rings. The summed E-state index contributed by atoms with van der Waals surface area (Å²) in [5.74, 6) is 0. The van der Waals surface area contributed by atoms with Crippen LogP contribution >= 0.6 is 11.3 Å². The normalized spacial score (nSPS) is 13.7. The summed E-state index contributed by atoms with van der Waals surface area (Å²) in [7, 11) is 0. The molecule has 0 aliphatic rings. The average Bonchev–Trinajstić information content (AvgIpc) is 3.11. The summed E-state index contributed by atoms with van der Waals surface area (Å²) in [5.41, 5.74) is 2.25. The summed E-state index contributed by atoms with van der Waals surface area (Å²) in [6, 6.07) is 20.0. The SMILES string of the molecule is O[C@H](c1nccs1)[C@@H](NCc1ccccc1)c1ccccc1. The Balaban J connectivity index is 1.80. The van der Waals surface area contributed by atoms with Gasteiger partial charge >= 0.3 is 0 Å². The Morgan fingerprint density at radius 1 is 1.00 bits per heavy atom. The summed E-state index contributed by atoms with van der Waals surface area (Å²) in [4.78, 5) is 4.25. The molecule has 0 bridgehead atoms. The highest BCUT2D eigenvalue weighted by atomic mass is 32.1. The predicted octanol–water partition coefficient (Wildman–Crippen LogP) is 3.71. The summed E-state index contributed by atoms with van der Waals surface area (Å²) in [6.07, 6.45) is 1.06. The third kappa shape index (κ3) is 3.60. The van der Waals surface area contributed by atoms with E-state index in [0.29, 0.717) is 6.54 Å². The quantitative estimate of drug-likeness (QED) is 0.729. The summed E-state index contributed by atoms with van der Waals surface area (Å²) in [6.45, 7) is 0.697. The fourth-order valence-electron chi connectivity index (χ4n) is 2.42. The fourth-order valence-corrected chi connectivity index (χ4v) is 3.08. The molecule has 1 heterocycles. The Morgan fingerprint density at radius 2 is 1.68 bits per heavy atom. The van der Waals surface area contributed by atoms with Gasteiger partial charge in [-0.3, -0.25) is 0 Å². The molecule has 0 fully saturated rings. The van der Waals surface area contributed by atoms with Crippen LogP contribution in [0.2, 0.25) is 0 Å². The fraction of sp³-hybridized carbons (Fsp3) is 0.167. The number of hydrogen-bond acceptors (Lipinski definition) is 4. The first kappa shape index (κ1) is 14.9. The van der Waals surface area contributed by atoms with E-state index in [1.807, 2.05) is 53.9 Å². The summed E-state index contributed by atoms with van der Waals surface area (Å²) < 4.78 is 0. The summed E-state index contributed by atoms with van der Waals surface area (Å²) >= 11 is 1.47. The second kappa shape index (κ2) is 7.31. The van der Waals surface area contributed by atoms with E-state index in [4.69, 9.17) is 0 Å². The van der Waals surface area contributed by atoms with Gasteiger partial charge in [-0.25, -0.2) is 4.98 Å². The van der Waals surface area contributed by atoms with Crippen LogP contribution in [-0.2, 0) is 6.54 Å². The van der Waals surface area contributed by atoms with Crippen molar-refractivity contribution in [3.63, 3.8) is 0 Å². The van der Waals surface area contributed by atoms with Crippen LogP contribution in [0, 0.1) is 0 Å². The maximum Gasteiger partial charge on any atom is 0.125 e. The number of aliphatic hydroxyl groups excluding tert-OH is 1. The van der Waals surface area contributed by atoms with Crippen LogP contribution in [0.4, 0.5) is 0 Å². The molecule has 112 valence electrons. The zero-order valence-corrected chi connectivity index (χ0v) is 12.9. The molecule has 0 amide bonds. The van der Waals surface area contributed by atoms with Gasteiger partial charge < -0.3 is 10.4 Å². The van der Waals surface area contributed by atoms with Gasteiger partial charge in [0.1, 0.15) is 11.1 Å². The molecule has 22 heavy (non-hydrogen) atoms. The number of nitrogens with one attached hydrogen (secondary N) is 1. The molecule has 0 aliphatic carbocycles. The number of thiazole rings is 1. The lowest BCUT2D eigenvalue weighted by Gasteiger charge is -2.23. The predicted molar refractivity (Wildman–Crippen MR) is 89.5 cm³/mol. The third-order valence-electron chi connectivity index (χ3n) is 3.55. The zero-order chi connectivity index (χ0) is 15.2. The topological polar surface area (TPSA) is 45.2 Å². The number of rotatable bonds is 6. The molecule has 1 aromatic heterocycles. The van der Waals surface area contributed by atoms with E-state index in [0.717, 1.165) is 10.6 Å². The molecule has 0 saturated heterocycles. The van der Waals surface area contributed by atoms with Crippen molar-refractivity contribution in [2.45, 2.75) is 18.7 Å². The highest BCUT2D eigenvalue weighted by Crippen LogP contribution is 2.30. The summed E-state index contributed by atoms with van der Waals surface area (Å²) in [5, 5.41) is 16.8. The lowest BCUT2D eigenvalue weighted by atomic mass is 10.0. The molecular weight excluding hydrogens is 292 g/mol. The molecule has 2 atom stereocenters. The van der Waals surface area contributed by atoms with E-state index >= 15 is 0 Å². The minimum Gasteiger partial charge on any atom is -0.384 e. The van der Waals surface area contributed by atoms with Crippen LogP contribution in [0.25, 0.3) is 0 Å². The van der Waals surface area contributed by atoms with Gasteiger partial charge in [-0.05, 0) is 11.1 Å². The van der Waals surface area contributed by atoms with Crippen LogP contribution < -0.4 is 5.32 Å². The van der Waals surface area contributed by atoms with Gasteiger partial charge in [0.25, 0.3) is 0 Å². The number of aliphatic hydroxyl groups is 1. The van der Waals surface area contributed by atoms with Crippen LogP contribution in [0.15, 0.2) is 72.2 Å². The van der Waals surface area contributed by atoms with Gasteiger partial charge in [-0.2, -0.15) is 0 Å². The third-order valence-corrected chi connectivity index (χ3v) is 4.39. The van der Waals surface area contributed by atoms with Gasteiger partial charge in [0.15, 0.2) is 0 Å². The first-order chi connectivity index (χ1) is 10.8. The van der Waals surface area contributed by atoms with Crippen LogP contribution in [-0.4, -0.2) is 10.1 Å². The molecule has 3 rings (SSSR count). The minimum absolute atomic E-state index is 0.187. The highest BCUT2D eigenvalue weighted by molar-refractivity contribution is 7.09. The smallest absolute Gasteiger partial charge is 0.125 e. The van der Waals surface area contributed by atoms with Crippen molar-refractivity contribution in [3.05, 3.63) is 88.4 Å². The molecular formula is C18H18N2OS. The van der Waals surface area contributed by atoms with E-state index in [-0.39, 0.29) is 6.04 Å². The van der Waals surface area contributed by atoms with E-state index in [1.165, 1.54) is 16.9 Å². The second-order valence-electron chi connectivity index (χ2n) is 5.07. The number of nitrogens with zero attached hydrogens (tertiary/aromatic N) is 1. The first-order valence-corrected chi connectivity index (χ1v) is 8.12. The van der Waals surface area contributed by atoms with Crippen LogP contribution in [0.1, 0.15) is 28.3 Å². The minimum atomic E-state index is -0.661. The maximum atomic E-state index is 10.7. The Hall–Kier alpha value is -2.01. The molecule has 0 spiro atoms. The van der Waals surface area contributed by atoms with Crippen molar-refractivity contribution in [1.29, 1.82) is 0 Å². The lowest BCUT2D eigenvalue weighted by Crippen LogP contribution is -2.26. The van der Waals surface area contributed by atoms with Gasteiger partial charge in [-0.1, -0.05) is 60.7 Å². The molecule has 3 nitrogen and oxygen atoms in total. The van der Waals surface area contributed by atoms with Crippen molar-refractivity contribution < 1.29 is 5.11 Å². The van der Waals surface area contributed by atoms with Gasteiger partial charge in [0.05, 0.1) is 6.04 Å². The van der Waals surface area contributed by atoms with Gasteiger partial charge in [0.2, 0.25) is 0 Å². The van der Waals surface area contributed by atoms with Crippen LogP contribution in [0.5, 0.6) is 0 Å². The van der Waals surface area contributed by atoms with Crippen molar-refractivity contribution in [3.8, 4) is 0 Å². The second-order valence-corrected chi connectivity index (χ2v) is 6.00. The lowest BCUT2D eigenvalue weighted by molar-refractivity contribution is 0.127. The van der Waals surface area contributed by atoms with Crippen LogP contribution in [0.3, 0.4) is 0 Å². The van der Waals surface area contributed by atoms with Gasteiger partial charge in [-0.15, -0.1) is 11.3 Å². The molecule has 0 unspecified atom stereocenters. The van der Waals surface area contributed by atoms with Crippen molar-refractivity contribution in [2.24, 2.45) is 0 Å². The molecule has 0 saturated carbocycles. The Bertz CT molecular complexity index is 671. The standard InChI is InChI=1S/C18H18N2OS/c21-17(18-19-11-12-22-18)16(15-9-5-2-6-10-15)20-13-14-7-3-1-4-8-14/h1-12,16-17,20-21H,13H2/t16-,17-/m0/s1. The zero-order valence-electron chi connectivity index (χ0n) is 12.1. The van der Waals surface area contributed by atoms with Crippen molar-refractivity contribution >= 4 is 11.3 Å². The van der Waals surface area contributed by atoms with E-state index < -0.39 is 6.10 Å². The average molecular weight is 310 g/mol. The molecule has 4 heteroatoms. The Kier molecular flexibility index (Phi) is 4.96. The monoisotopic (exact) mass is 310 g/mol. The molecule has 2 N–H and O–H groups in total. The van der Waals surface area contributed by atoms with E-state index in [9.17, 15) is 5.11 Å². The molecule has 0 radical (unpaired) electrons. The number of aromatic nitrogens is 1. The Labute approximate surface area is 134 Å². The first-order valence-electron chi connectivity index (χ1n) is 7.24. The number of benzene rings is 2. The largest absolute Gasteiger partial charge is 0.384 e. The molecule has 2 aromatic carbocycles. The maximum absolute atomic E-state index is 10.7. The molecule has 0 aliphatic heterocycles. The van der Waals surface area contributed by atoms with Gasteiger partial charge in [0, 0.05) is 18.1 Å². The Morgan fingerprint density at radius 3 is 2.32 bits per heavy atom. The van der Waals surface area contributed by atoms with Crippen molar-refractivity contribution in [2.75, 3.05) is 0 Å². The van der Waals surface area contributed by atoms with Crippen molar-refractivity contribution in [1.82, 2.24) is 10.3 Å². The van der Waals surface area contributed by atoms with E-state index in [1.54, 1.807) is 6.20 Å². The number of hydrogen-bond donors (Lipinski definition) is 2. The highest BCUT2D eigenvalue weighted by Gasteiger charge is 2.24.